The molecule has 0 aliphatic rings. The van der Waals surface area contributed by atoms with Crippen LogP contribution in [0.2, 0.25) is 0 Å². The molecule has 0 radical (unpaired) electrons. The van der Waals surface area contributed by atoms with Gasteiger partial charge in [-0.15, -0.1) is 0 Å². The molecule has 0 bridgehead atoms. The van der Waals surface area contributed by atoms with Crippen LogP contribution in [0.25, 0.3) is 0 Å². The lowest BCUT2D eigenvalue weighted by Gasteiger charge is -2.20. The number of carbonyl (C=O) groups excluding carboxylic acids is 1. The molecule has 0 aromatic heterocycles. The van der Waals surface area contributed by atoms with E-state index in [0.29, 0.717) is 6.42 Å². The molecule has 0 aliphatic carbocycles. The molecular formula is C15H22O3. The largest absolute Gasteiger partial charge is 0.469 e. The molecule has 1 atom stereocenters. The van der Waals surface area contributed by atoms with Gasteiger partial charge in [0.25, 0.3) is 0 Å². The van der Waals surface area contributed by atoms with Crippen molar-refractivity contribution in [3.63, 3.8) is 0 Å². The van der Waals surface area contributed by atoms with Gasteiger partial charge in [-0.1, -0.05) is 45.0 Å². The van der Waals surface area contributed by atoms with E-state index >= 15 is 0 Å². The van der Waals surface area contributed by atoms with Crippen molar-refractivity contribution < 1.29 is 14.6 Å². The lowest BCUT2D eigenvalue weighted by molar-refractivity contribution is -0.141. The zero-order chi connectivity index (χ0) is 13.8. The van der Waals surface area contributed by atoms with Gasteiger partial charge in [-0.2, -0.15) is 0 Å². The Balaban J connectivity index is 2.65. The van der Waals surface area contributed by atoms with Crippen LogP contribution >= 0.6 is 0 Å². The molecule has 100 valence electrons. The Kier molecular flexibility index (Phi) is 4.91. The highest BCUT2D eigenvalue weighted by molar-refractivity contribution is 5.69. The van der Waals surface area contributed by atoms with Crippen LogP contribution in [0.5, 0.6) is 0 Å². The second-order valence-corrected chi connectivity index (χ2v) is 5.50. The van der Waals surface area contributed by atoms with Gasteiger partial charge in [0.15, 0.2) is 0 Å². The van der Waals surface area contributed by atoms with Crippen molar-refractivity contribution in [2.75, 3.05) is 7.11 Å². The molecule has 3 nitrogen and oxygen atoms in total. The van der Waals surface area contributed by atoms with Gasteiger partial charge in [0, 0.05) is 6.42 Å². The molecule has 1 aromatic rings. The fourth-order valence-electron chi connectivity index (χ4n) is 1.73. The standard InChI is InChI=1S/C15H22O3/c1-15(2,3)12-7-5-11(6-8-12)13(16)9-10-14(17)18-4/h5-8,13,16H,9-10H2,1-4H3. The maximum absolute atomic E-state index is 11.0. The molecule has 1 rings (SSSR count). The number of esters is 1. The van der Waals surface area contributed by atoms with Crippen LogP contribution in [0.4, 0.5) is 0 Å². The van der Waals surface area contributed by atoms with Crippen LogP contribution in [-0.4, -0.2) is 18.2 Å². The summed E-state index contributed by atoms with van der Waals surface area (Å²) in [4.78, 5) is 11.0. The minimum Gasteiger partial charge on any atom is -0.469 e. The molecule has 1 aromatic carbocycles. The third-order valence-electron chi connectivity index (χ3n) is 3.01. The molecule has 0 heterocycles. The van der Waals surface area contributed by atoms with Gasteiger partial charge in [0.05, 0.1) is 13.2 Å². The normalized spacial score (nSPS) is 13.2. The summed E-state index contributed by atoms with van der Waals surface area (Å²) < 4.78 is 4.55. The van der Waals surface area contributed by atoms with Gasteiger partial charge in [-0.3, -0.25) is 4.79 Å². The van der Waals surface area contributed by atoms with Crippen molar-refractivity contribution >= 4 is 5.97 Å². The Morgan fingerprint density at radius 1 is 1.28 bits per heavy atom. The van der Waals surface area contributed by atoms with Crippen molar-refractivity contribution in [1.82, 2.24) is 0 Å². The van der Waals surface area contributed by atoms with Crippen molar-refractivity contribution in [2.45, 2.75) is 45.1 Å². The summed E-state index contributed by atoms with van der Waals surface area (Å²) in [5, 5.41) is 9.95. The van der Waals surface area contributed by atoms with E-state index in [4.69, 9.17) is 0 Å². The van der Waals surface area contributed by atoms with Crippen LogP contribution in [-0.2, 0) is 14.9 Å². The Bertz CT molecular complexity index is 387. The first-order chi connectivity index (χ1) is 8.34. The molecule has 0 spiro atoms. The summed E-state index contributed by atoms with van der Waals surface area (Å²) in [5.74, 6) is -0.291. The predicted octanol–water partition coefficient (Wildman–Crippen LogP) is 2.97. The monoisotopic (exact) mass is 250 g/mol. The molecule has 18 heavy (non-hydrogen) atoms. The summed E-state index contributed by atoms with van der Waals surface area (Å²) in [6.07, 6.45) is 0.0124. The van der Waals surface area contributed by atoms with E-state index in [-0.39, 0.29) is 17.8 Å². The highest BCUT2D eigenvalue weighted by atomic mass is 16.5. The zero-order valence-corrected chi connectivity index (χ0v) is 11.6. The molecule has 0 aliphatic heterocycles. The van der Waals surface area contributed by atoms with E-state index in [0.717, 1.165) is 5.56 Å². The quantitative estimate of drug-likeness (QED) is 0.836. The lowest BCUT2D eigenvalue weighted by atomic mass is 9.86. The fourth-order valence-corrected chi connectivity index (χ4v) is 1.73. The first kappa shape index (κ1) is 14.7. The second-order valence-electron chi connectivity index (χ2n) is 5.50. The first-order valence-corrected chi connectivity index (χ1v) is 6.20. The summed E-state index contributed by atoms with van der Waals surface area (Å²) >= 11 is 0. The van der Waals surface area contributed by atoms with E-state index < -0.39 is 6.10 Å². The minimum atomic E-state index is -0.613. The number of carbonyl (C=O) groups is 1. The number of hydrogen-bond donors (Lipinski definition) is 1. The fraction of sp³-hybridized carbons (Fsp3) is 0.533. The molecule has 3 heteroatoms. The van der Waals surface area contributed by atoms with E-state index in [9.17, 15) is 9.90 Å². The highest BCUT2D eigenvalue weighted by Gasteiger charge is 2.15. The summed E-state index contributed by atoms with van der Waals surface area (Å²) in [6.45, 7) is 6.45. The minimum absolute atomic E-state index is 0.107. The smallest absolute Gasteiger partial charge is 0.305 e. The zero-order valence-electron chi connectivity index (χ0n) is 11.6. The Hall–Kier alpha value is -1.35. The van der Waals surface area contributed by atoms with Crippen LogP contribution in [0.15, 0.2) is 24.3 Å². The number of rotatable bonds is 4. The Morgan fingerprint density at radius 3 is 2.28 bits per heavy atom. The summed E-state index contributed by atoms with van der Waals surface area (Å²) in [5.41, 5.74) is 2.17. The van der Waals surface area contributed by atoms with E-state index in [1.165, 1.54) is 12.7 Å². The lowest BCUT2D eigenvalue weighted by Crippen LogP contribution is -2.11. The Morgan fingerprint density at radius 2 is 1.83 bits per heavy atom. The summed E-state index contributed by atoms with van der Waals surface area (Å²) in [7, 11) is 1.35. The van der Waals surface area contributed by atoms with E-state index in [2.05, 4.69) is 25.5 Å². The van der Waals surface area contributed by atoms with Crippen LogP contribution in [0.1, 0.15) is 50.8 Å². The average molecular weight is 250 g/mol. The SMILES string of the molecule is COC(=O)CCC(O)c1ccc(C(C)(C)C)cc1. The number of aliphatic hydroxyl groups is 1. The Labute approximate surface area is 109 Å². The molecule has 0 saturated carbocycles. The molecule has 0 saturated heterocycles. The first-order valence-electron chi connectivity index (χ1n) is 6.20. The van der Waals surface area contributed by atoms with Crippen molar-refractivity contribution in [3.8, 4) is 0 Å². The number of aliphatic hydroxyl groups excluding tert-OH is 1. The van der Waals surface area contributed by atoms with Crippen LogP contribution < -0.4 is 0 Å². The maximum atomic E-state index is 11.0. The van der Waals surface area contributed by atoms with Crippen molar-refractivity contribution in [3.05, 3.63) is 35.4 Å². The highest BCUT2D eigenvalue weighted by Crippen LogP contribution is 2.25. The van der Waals surface area contributed by atoms with Gasteiger partial charge in [-0.25, -0.2) is 0 Å². The van der Waals surface area contributed by atoms with Gasteiger partial charge < -0.3 is 9.84 Å². The number of benzene rings is 1. The average Bonchev–Trinajstić information content (AvgIpc) is 2.34. The van der Waals surface area contributed by atoms with Crippen molar-refractivity contribution in [1.29, 1.82) is 0 Å². The topological polar surface area (TPSA) is 46.5 Å². The predicted molar refractivity (Wildman–Crippen MR) is 71.4 cm³/mol. The number of hydrogen-bond acceptors (Lipinski definition) is 3. The second kappa shape index (κ2) is 6.01. The van der Waals surface area contributed by atoms with Crippen molar-refractivity contribution in [2.24, 2.45) is 0 Å². The number of ether oxygens (including phenoxy) is 1. The van der Waals surface area contributed by atoms with Crippen LogP contribution in [0, 0.1) is 0 Å². The molecular weight excluding hydrogens is 228 g/mol. The summed E-state index contributed by atoms with van der Waals surface area (Å²) in [6, 6.07) is 7.89. The van der Waals surface area contributed by atoms with Crippen LogP contribution in [0.3, 0.4) is 0 Å². The molecule has 1 N–H and O–H groups in total. The van der Waals surface area contributed by atoms with Gasteiger partial charge in [0.2, 0.25) is 0 Å². The third-order valence-corrected chi connectivity index (χ3v) is 3.01. The van der Waals surface area contributed by atoms with E-state index in [1.54, 1.807) is 0 Å². The third kappa shape index (κ3) is 4.15. The maximum Gasteiger partial charge on any atom is 0.305 e. The van der Waals surface area contributed by atoms with Gasteiger partial charge >= 0.3 is 5.97 Å². The van der Waals surface area contributed by atoms with E-state index in [1.807, 2.05) is 24.3 Å². The molecule has 1 unspecified atom stereocenters. The molecule has 0 fully saturated rings. The van der Waals surface area contributed by atoms with Gasteiger partial charge in [-0.05, 0) is 23.0 Å². The molecule has 0 amide bonds. The van der Waals surface area contributed by atoms with Gasteiger partial charge in [0.1, 0.15) is 0 Å². The number of methoxy groups -OCH3 is 1.